The second-order valence-electron chi connectivity index (χ2n) is 6.34. The Labute approximate surface area is 139 Å². The molecule has 2 aromatic rings. The van der Waals surface area contributed by atoms with E-state index in [0.717, 1.165) is 43.2 Å². The summed E-state index contributed by atoms with van der Waals surface area (Å²) in [4.78, 5) is 27.5. The summed E-state index contributed by atoms with van der Waals surface area (Å²) in [6.07, 6.45) is 5.26. The molecule has 0 spiro atoms. The van der Waals surface area contributed by atoms with Gasteiger partial charge in [-0.2, -0.15) is 0 Å². The van der Waals surface area contributed by atoms with Crippen LogP contribution in [0.1, 0.15) is 23.8 Å². The number of piperazine rings is 1. The number of aryl methyl sites for hydroxylation is 2. The molecule has 1 aliphatic heterocycles. The summed E-state index contributed by atoms with van der Waals surface area (Å²) < 4.78 is 0. The first kappa shape index (κ1) is 14.8. The zero-order chi connectivity index (χ0) is 16.0. The standard InChI is InChI=1S/C16H21N5OS/c1-10(14(17)22)20-5-7-21(8-6-20)15-13-11-3-2-4-12(11)23-16(13)19-9-18-15/h9-10H,2-8H2,1H3,(H2,17,22). The van der Waals surface area contributed by atoms with E-state index in [-0.39, 0.29) is 11.9 Å². The van der Waals surface area contributed by atoms with Gasteiger partial charge in [0, 0.05) is 31.1 Å². The van der Waals surface area contributed by atoms with Crippen LogP contribution in [-0.4, -0.2) is 53.0 Å². The van der Waals surface area contributed by atoms with Crippen LogP contribution in [0.2, 0.25) is 0 Å². The fourth-order valence-corrected chi connectivity index (χ4v) is 4.88. The van der Waals surface area contributed by atoms with Crippen molar-refractivity contribution >= 4 is 33.3 Å². The van der Waals surface area contributed by atoms with E-state index in [4.69, 9.17) is 5.73 Å². The van der Waals surface area contributed by atoms with Gasteiger partial charge in [-0.1, -0.05) is 0 Å². The third-order valence-corrected chi connectivity index (χ3v) is 6.25. The zero-order valence-electron chi connectivity index (χ0n) is 13.3. The molecular formula is C16H21N5OS. The van der Waals surface area contributed by atoms with Crippen LogP contribution >= 0.6 is 11.3 Å². The summed E-state index contributed by atoms with van der Waals surface area (Å²) >= 11 is 1.82. The van der Waals surface area contributed by atoms with E-state index >= 15 is 0 Å². The maximum atomic E-state index is 11.4. The van der Waals surface area contributed by atoms with Crippen LogP contribution in [0, 0.1) is 0 Å². The highest BCUT2D eigenvalue weighted by atomic mass is 32.1. The first-order valence-electron chi connectivity index (χ1n) is 8.18. The lowest BCUT2D eigenvalue weighted by atomic mass is 10.1. The first-order chi connectivity index (χ1) is 11.1. The topological polar surface area (TPSA) is 75.4 Å². The van der Waals surface area contributed by atoms with Gasteiger partial charge in [0.2, 0.25) is 5.91 Å². The number of fused-ring (bicyclic) bond motifs is 3. The number of aromatic nitrogens is 2. The molecule has 1 saturated heterocycles. The fourth-order valence-electron chi connectivity index (χ4n) is 3.65. The van der Waals surface area contributed by atoms with Crippen LogP contribution in [0.15, 0.2) is 6.33 Å². The van der Waals surface area contributed by atoms with Crippen molar-refractivity contribution in [1.82, 2.24) is 14.9 Å². The molecule has 7 heteroatoms. The van der Waals surface area contributed by atoms with Crippen molar-refractivity contribution in [2.75, 3.05) is 31.1 Å². The molecule has 0 aromatic carbocycles. The molecular weight excluding hydrogens is 310 g/mol. The fraction of sp³-hybridized carbons (Fsp3) is 0.562. The third kappa shape index (κ3) is 2.48. The maximum Gasteiger partial charge on any atom is 0.234 e. The lowest BCUT2D eigenvalue weighted by Gasteiger charge is -2.37. The Morgan fingerprint density at radius 2 is 2.04 bits per heavy atom. The lowest BCUT2D eigenvalue weighted by molar-refractivity contribution is -0.122. The number of carbonyl (C=O) groups excluding carboxylic acids is 1. The number of nitrogens with zero attached hydrogens (tertiary/aromatic N) is 4. The van der Waals surface area contributed by atoms with Gasteiger partial charge in [0.15, 0.2) is 0 Å². The minimum absolute atomic E-state index is 0.201. The van der Waals surface area contributed by atoms with E-state index in [0.29, 0.717) is 0 Å². The zero-order valence-corrected chi connectivity index (χ0v) is 14.1. The number of rotatable bonds is 3. The molecule has 0 radical (unpaired) electrons. The van der Waals surface area contributed by atoms with E-state index < -0.39 is 0 Å². The van der Waals surface area contributed by atoms with Crippen LogP contribution in [-0.2, 0) is 17.6 Å². The van der Waals surface area contributed by atoms with E-state index in [1.807, 2.05) is 18.3 Å². The van der Waals surface area contributed by atoms with Gasteiger partial charge in [-0.15, -0.1) is 11.3 Å². The van der Waals surface area contributed by atoms with Gasteiger partial charge in [0.1, 0.15) is 17.0 Å². The van der Waals surface area contributed by atoms with E-state index in [1.165, 1.54) is 28.7 Å². The number of carbonyl (C=O) groups is 1. The van der Waals surface area contributed by atoms with Gasteiger partial charge < -0.3 is 10.6 Å². The van der Waals surface area contributed by atoms with Crippen molar-refractivity contribution in [3.63, 3.8) is 0 Å². The predicted molar refractivity (Wildman–Crippen MR) is 91.9 cm³/mol. The Morgan fingerprint density at radius 3 is 2.78 bits per heavy atom. The maximum absolute atomic E-state index is 11.4. The van der Waals surface area contributed by atoms with Crippen molar-refractivity contribution in [2.45, 2.75) is 32.2 Å². The Hall–Kier alpha value is -1.73. The molecule has 122 valence electrons. The summed E-state index contributed by atoms with van der Waals surface area (Å²) in [6.45, 7) is 5.29. The van der Waals surface area contributed by atoms with Crippen LogP contribution < -0.4 is 10.6 Å². The molecule has 1 unspecified atom stereocenters. The Kier molecular flexibility index (Phi) is 3.69. The van der Waals surface area contributed by atoms with Gasteiger partial charge in [0.25, 0.3) is 0 Å². The quantitative estimate of drug-likeness (QED) is 0.914. The van der Waals surface area contributed by atoms with Crippen molar-refractivity contribution in [3.05, 3.63) is 16.8 Å². The SMILES string of the molecule is CC(C(N)=O)N1CCN(c2ncnc3sc4c(c23)CCC4)CC1. The van der Waals surface area contributed by atoms with Crippen molar-refractivity contribution in [1.29, 1.82) is 0 Å². The van der Waals surface area contributed by atoms with Crippen LogP contribution in [0.4, 0.5) is 5.82 Å². The molecule has 2 aromatic heterocycles. The summed E-state index contributed by atoms with van der Waals surface area (Å²) in [7, 11) is 0. The molecule has 2 N–H and O–H groups in total. The Morgan fingerprint density at radius 1 is 1.26 bits per heavy atom. The predicted octanol–water partition coefficient (Wildman–Crippen LogP) is 1.18. The third-order valence-electron chi connectivity index (χ3n) is 5.05. The minimum atomic E-state index is -0.251. The molecule has 0 bridgehead atoms. The molecule has 1 amide bonds. The Bertz CT molecular complexity index is 750. The number of anilines is 1. The second-order valence-corrected chi connectivity index (χ2v) is 7.42. The molecule has 1 atom stereocenters. The number of hydrogen-bond donors (Lipinski definition) is 1. The van der Waals surface area contributed by atoms with Gasteiger partial charge in [-0.25, -0.2) is 9.97 Å². The number of thiophene rings is 1. The first-order valence-corrected chi connectivity index (χ1v) is 9.00. The number of amides is 1. The second kappa shape index (κ2) is 5.72. The van der Waals surface area contributed by atoms with Gasteiger partial charge >= 0.3 is 0 Å². The highest BCUT2D eigenvalue weighted by Gasteiger charge is 2.28. The number of nitrogens with two attached hydrogens (primary N) is 1. The van der Waals surface area contributed by atoms with Crippen LogP contribution in [0.25, 0.3) is 10.2 Å². The molecule has 3 heterocycles. The average molecular weight is 331 g/mol. The van der Waals surface area contributed by atoms with Gasteiger partial charge in [-0.05, 0) is 31.7 Å². The Balaban J connectivity index is 1.60. The molecule has 0 saturated carbocycles. The van der Waals surface area contributed by atoms with E-state index in [2.05, 4.69) is 19.8 Å². The van der Waals surface area contributed by atoms with Crippen molar-refractivity contribution in [3.8, 4) is 0 Å². The normalized spacial score (nSPS) is 20.0. The summed E-state index contributed by atoms with van der Waals surface area (Å²) in [5, 5.41) is 1.27. The molecule has 23 heavy (non-hydrogen) atoms. The summed E-state index contributed by atoms with van der Waals surface area (Å²) in [5.74, 6) is 0.819. The monoisotopic (exact) mass is 331 g/mol. The van der Waals surface area contributed by atoms with Crippen molar-refractivity contribution in [2.24, 2.45) is 5.73 Å². The average Bonchev–Trinajstić information content (AvgIpc) is 3.14. The highest BCUT2D eigenvalue weighted by molar-refractivity contribution is 7.19. The summed E-state index contributed by atoms with van der Waals surface area (Å²) in [5.41, 5.74) is 6.89. The van der Waals surface area contributed by atoms with Gasteiger partial charge in [0.05, 0.1) is 11.4 Å². The minimum Gasteiger partial charge on any atom is -0.368 e. The number of hydrogen-bond acceptors (Lipinski definition) is 6. The smallest absolute Gasteiger partial charge is 0.234 e. The van der Waals surface area contributed by atoms with E-state index in [9.17, 15) is 4.79 Å². The van der Waals surface area contributed by atoms with Crippen LogP contribution in [0.5, 0.6) is 0 Å². The molecule has 2 aliphatic rings. The van der Waals surface area contributed by atoms with Crippen LogP contribution in [0.3, 0.4) is 0 Å². The molecule has 6 nitrogen and oxygen atoms in total. The largest absolute Gasteiger partial charge is 0.368 e. The van der Waals surface area contributed by atoms with E-state index in [1.54, 1.807) is 6.33 Å². The summed E-state index contributed by atoms with van der Waals surface area (Å²) in [6, 6.07) is -0.201. The number of primary amides is 1. The molecule has 4 rings (SSSR count). The molecule has 1 aliphatic carbocycles. The highest BCUT2D eigenvalue weighted by Crippen LogP contribution is 2.40. The lowest BCUT2D eigenvalue weighted by Crippen LogP contribution is -2.53. The van der Waals surface area contributed by atoms with Crippen molar-refractivity contribution < 1.29 is 4.79 Å². The van der Waals surface area contributed by atoms with Gasteiger partial charge in [-0.3, -0.25) is 9.69 Å². The molecule has 1 fully saturated rings.